The van der Waals surface area contributed by atoms with Gasteiger partial charge in [-0.15, -0.1) is 0 Å². The van der Waals surface area contributed by atoms with E-state index in [1.807, 2.05) is 18.2 Å². The first-order valence-corrected chi connectivity index (χ1v) is 10.6. The van der Waals surface area contributed by atoms with E-state index in [9.17, 15) is 14.0 Å². The molecule has 4 rings (SSSR count). The Morgan fingerprint density at radius 1 is 1.23 bits per heavy atom. The first-order valence-electron chi connectivity index (χ1n) is 10.6. The number of anilines is 1. The lowest BCUT2D eigenvalue weighted by Gasteiger charge is -2.25. The van der Waals surface area contributed by atoms with E-state index in [1.165, 1.54) is 29.8 Å². The maximum Gasteiger partial charge on any atom is 0.322 e. The van der Waals surface area contributed by atoms with Crippen molar-refractivity contribution in [3.8, 4) is 0 Å². The summed E-state index contributed by atoms with van der Waals surface area (Å²) in [6, 6.07) is 13.0. The minimum Gasteiger partial charge on any atom is -0.376 e. The van der Waals surface area contributed by atoms with Gasteiger partial charge in [0.25, 0.3) is 5.56 Å². The zero-order valence-electron chi connectivity index (χ0n) is 17.5. The van der Waals surface area contributed by atoms with Crippen molar-refractivity contribution >= 4 is 22.6 Å². The van der Waals surface area contributed by atoms with Gasteiger partial charge >= 0.3 is 6.03 Å². The van der Waals surface area contributed by atoms with Crippen LogP contribution in [0.2, 0.25) is 0 Å². The van der Waals surface area contributed by atoms with Gasteiger partial charge in [-0.1, -0.05) is 13.0 Å². The number of urea groups is 1. The van der Waals surface area contributed by atoms with E-state index < -0.39 is 0 Å². The Bertz CT molecular complexity index is 1120. The Labute approximate surface area is 180 Å². The quantitative estimate of drug-likeness (QED) is 0.615. The van der Waals surface area contributed by atoms with Crippen molar-refractivity contribution in [2.45, 2.75) is 38.8 Å². The SMILES string of the molecule is CCc1ccc2[nH]c(=O)c(CN(CC3CCCO3)C(=O)Nc3ccc(F)cc3)cc2c1. The number of hydrogen-bond donors (Lipinski definition) is 2. The normalized spacial score (nSPS) is 15.9. The van der Waals surface area contributed by atoms with Crippen LogP contribution < -0.4 is 10.9 Å². The highest BCUT2D eigenvalue weighted by molar-refractivity contribution is 5.89. The Kier molecular flexibility index (Phi) is 6.32. The smallest absolute Gasteiger partial charge is 0.322 e. The summed E-state index contributed by atoms with van der Waals surface area (Å²) < 4.78 is 18.9. The van der Waals surface area contributed by atoms with Gasteiger partial charge in [0.1, 0.15) is 5.82 Å². The number of hydrogen-bond acceptors (Lipinski definition) is 3. The predicted molar refractivity (Wildman–Crippen MR) is 119 cm³/mol. The van der Waals surface area contributed by atoms with Crippen LogP contribution in [0.1, 0.15) is 30.9 Å². The summed E-state index contributed by atoms with van der Waals surface area (Å²) in [5, 5.41) is 3.73. The van der Waals surface area contributed by atoms with Gasteiger partial charge < -0.3 is 19.9 Å². The molecule has 31 heavy (non-hydrogen) atoms. The van der Waals surface area contributed by atoms with E-state index in [0.29, 0.717) is 24.4 Å². The van der Waals surface area contributed by atoms with E-state index in [0.717, 1.165) is 30.2 Å². The summed E-state index contributed by atoms with van der Waals surface area (Å²) in [6.07, 6.45) is 2.66. The standard InChI is InChI=1S/C24H26FN3O3/c1-2-16-5-10-22-17(12-16)13-18(23(29)27-22)14-28(15-21-4-3-11-31-21)24(30)26-20-8-6-19(25)7-9-20/h5-10,12-13,21H,2-4,11,14-15H2,1H3,(H,26,30)(H,27,29). The molecule has 1 atom stereocenters. The van der Waals surface area contributed by atoms with Crippen LogP contribution in [0, 0.1) is 5.82 Å². The Balaban J connectivity index is 1.60. The molecule has 7 heteroatoms. The van der Waals surface area contributed by atoms with Crippen molar-refractivity contribution in [1.82, 2.24) is 9.88 Å². The van der Waals surface area contributed by atoms with Crippen LogP contribution in [-0.2, 0) is 17.7 Å². The van der Waals surface area contributed by atoms with Gasteiger partial charge in [0.2, 0.25) is 0 Å². The maximum absolute atomic E-state index is 13.2. The molecule has 0 radical (unpaired) electrons. The number of ether oxygens (including phenoxy) is 1. The van der Waals surface area contributed by atoms with Crippen molar-refractivity contribution in [2.75, 3.05) is 18.5 Å². The van der Waals surface area contributed by atoms with E-state index >= 15 is 0 Å². The zero-order valence-corrected chi connectivity index (χ0v) is 17.5. The molecule has 6 nitrogen and oxygen atoms in total. The summed E-state index contributed by atoms with van der Waals surface area (Å²) in [4.78, 5) is 30.2. The molecule has 162 valence electrons. The Morgan fingerprint density at radius 2 is 2.03 bits per heavy atom. The average Bonchev–Trinajstić information content (AvgIpc) is 3.28. The fraction of sp³-hybridized carbons (Fsp3) is 0.333. The number of carbonyl (C=O) groups excluding carboxylic acids is 1. The summed E-state index contributed by atoms with van der Waals surface area (Å²) in [6.45, 7) is 3.28. The Hall–Kier alpha value is -3.19. The predicted octanol–water partition coefficient (Wildman–Crippen LogP) is 4.44. The number of aromatic nitrogens is 1. The number of fused-ring (bicyclic) bond motifs is 1. The van der Waals surface area contributed by atoms with Gasteiger partial charge in [0, 0.05) is 29.9 Å². The fourth-order valence-corrected chi connectivity index (χ4v) is 3.83. The van der Waals surface area contributed by atoms with Gasteiger partial charge in [-0.25, -0.2) is 9.18 Å². The molecule has 1 aliphatic heterocycles. The fourth-order valence-electron chi connectivity index (χ4n) is 3.83. The molecule has 1 aliphatic rings. The molecule has 1 saturated heterocycles. The third-order valence-electron chi connectivity index (χ3n) is 5.59. The number of nitrogens with zero attached hydrogens (tertiary/aromatic N) is 1. The lowest BCUT2D eigenvalue weighted by Crippen LogP contribution is -2.40. The third-order valence-corrected chi connectivity index (χ3v) is 5.59. The molecular weight excluding hydrogens is 397 g/mol. The third kappa shape index (κ3) is 5.11. The molecule has 3 aromatic rings. The summed E-state index contributed by atoms with van der Waals surface area (Å²) in [5.74, 6) is -0.372. The number of pyridine rings is 1. The largest absolute Gasteiger partial charge is 0.376 e. The summed E-state index contributed by atoms with van der Waals surface area (Å²) in [7, 11) is 0. The molecule has 2 N–H and O–H groups in total. The van der Waals surface area contributed by atoms with Crippen LogP contribution in [0.4, 0.5) is 14.9 Å². The molecule has 2 heterocycles. The molecular formula is C24H26FN3O3. The van der Waals surface area contributed by atoms with Crippen LogP contribution in [0.15, 0.2) is 53.3 Å². The van der Waals surface area contributed by atoms with E-state index in [-0.39, 0.29) is 30.1 Å². The van der Waals surface area contributed by atoms with E-state index in [4.69, 9.17) is 4.74 Å². The molecule has 1 fully saturated rings. The molecule has 2 amide bonds. The number of amides is 2. The highest BCUT2D eigenvalue weighted by Gasteiger charge is 2.24. The summed E-state index contributed by atoms with van der Waals surface area (Å²) >= 11 is 0. The second-order valence-electron chi connectivity index (χ2n) is 7.85. The van der Waals surface area contributed by atoms with Crippen LogP contribution in [-0.4, -0.2) is 35.2 Å². The topological polar surface area (TPSA) is 74.4 Å². The number of H-pyrrole nitrogens is 1. The lowest BCUT2D eigenvalue weighted by atomic mass is 10.1. The molecule has 0 saturated carbocycles. The van der Waals surface area contributed by atoms with Gasteiger partial charge in [0.05, 0.1) is 12.6 Å². The zero-order chi connectivity index (χ0) is 21.8. The number of aryl methyl sites for hydroxylation is 1. The van der Waals surface area contributed by atoms with Crippen molar-refractivity contribution in [3.05, 3.63) is 75.8 Å². The van der Waals surface area contributed by atoms with Crippen molar-refractivity contribution in [2.24, 2.45) is 0 Å². The summed E-state index contributed by atoms with van der Waals surface area (Å²) in [5.41, 5.74) is 2.73. The maximum atomic E-state index is 13.2. The monoisotopic (exact) mass is 423 g/mol. The number of carbonyl (C=O) groups is 1. The number of nitrogens with one attached hydrogen (secondary N) is 2. The van der Waals surface area contributed by atoms with Crippen LogP contribution in [0.5, 0.6) is 0 Å². The lowest BCUT2D eigenvalue weighted by molar-refractivity contribution is 0.0818. The van der Waals surface area contributed by atoms with Gasteiger partial charge in [-0.05, 0) is 72.7 Å². The van der Waals surface area contributed by atoms with Crippen LogP contribution in [0.25, 0.3) is 10.9 Å². The second kappa shape index (κ2) is 9.31. The number of benzene rings is 2. The molecule has 2 aromatic carbocycles. The van der Waals surface area contributed by atoms with E-state index in [2.05, 4.69) is 23.3 Å². The average molecular weight is 423 g/mol. The first-order chi connectivity index (χ1) is 15.0. The number of rotatable bonds is 6. The number of aromatic amines is 1. The Morgan fingerprint density at radius 3 is 2.74 bits per heavy atom. The van der Waals surface area contributed by atoms with Crippen molar-refractivity contribution < 1.29 is 13.9 Å². The van der Waals surface area contributed by atoms with Crippen LogP contribution >= 0.6 is 0 Å². The molecule has 0 spiro atoms. The second-order valence-corrected chi connectivity index (χ2v) is 7.85. The first kappa shape index (κ1) is 21.1. The highest BCUT2D eigenvalue weighted by Crippen LogP contribution is 2.18. The molecule has 0 aliphatic carbocycles. The van der Waals surface area contributed by atoms with Gasteiger partial charge in [-0.3, -0.25) is 4.79 Å². The molecule has 1 unspecified atom stereocenters. The minimum absolute atomic E-state index is 0.0646. The van der Waals surface area contributed by atoms with Crippen LogP contribution in [0.3, 0.4) is 0 Å². The van der Waals surface area contributed by atoms with Gasteiger partial charge in [0.15, 0.2) is 0 Å². The van der Waals surface area contributed by atoms with Gasteiger partial charge in [-0.2, -0.15) is 0 Å². The van der Waals surface area contributed by atoms with E-state index in [1.54, 1.807) is 4.90 Å². The van der Waals surface area contributed by atoms with Crippen molar-refractivity contribution in [1.29, 1.82) is 0 Å². The van der Waals surface area contributed by atoms with Crippen molar-refractivity contribution in [3.63, 3.8) is 0 Å². The minimum atomic E-state index is -0.372. The molecule has 0 bridgehead atoms. The molecule has 1 aromatic heterocycles. The highest BCUT2D eigenvalue weighted by atomic mass is 19.1. The number of halogens is 1.